The zero-order chi connectivity index (χ0) is 12.1. The summed E-state index contributed by atoms with van der Waals surface area (Å²) in [5.74, 6) is 0.774. The first-order chi connectivity index (χ1) is 7.54. The molecule has 0 aliphatic carbocycles. The van der Waals surface area contributed by atoms with Crippen molar-refractivity contribution in [3.8, 4) is 0 Å². The second-order valence-corrected chi connectivity index (χ2v) is 5.46. The van der Waals surface area contributed by atoms with Crippen LogP contribution in [0.5, 0.6) is 0 Å². The molecule has 0 aromatic heterocycles. The molecule has 0 fully saturated rings. The molecule has 88 valence electrons. The minimum absolute atomic E-state index is 0.0325. The van der Waals surface area contributed by atoms with Crippen LogP contribution in [0.1, 0.15) is 12.5 Å². The monoisotopic (exact) mass is 277 g/mol. The van der Waals surface area contributed by atoms with Crippen molar-refractivity contribution in [2.75, 3.05) is 7.05 Å². The van der Waals surface area contributed by atoms with Gasteiger partial charge in [-0.1, -0.05) is 29.3 Å². The smallest absolute Gasteiger partial charge is 0.232 e. The van der Waals surface area contributed by atoms with Gasteiger partial charge in [-0.2, -0.15) is 0 Å². The van der Waals surface area contributed by atoms with Crippen LogP contribution in [0.2, 0.25) is 10.0 Å². The molecule has 1 amide bonds. The van der Waals surface area contributed by atoms with Crippen LogP contribution >= 0.6 is 35.0 Å². The Morgan fingerprint density at radius 3 is 2.69 bits per heavy atom. The lowest BCUT2D eigenvalue weighted by Gasteiger charge is -2.09. The Morgan fingerprint density at radius 1 is 1.44 bits per heavy atom. The standard InChI is InChI=1S/C11H13Cl2NOS/c1-7(11(15)14-2)16-6-8-3-4-9(12)10(13)5-8/h3-5,7H,6H2,1-2H3,(H,14,15)/t7-/m0/s1. The Balaban J connectivity index is 2.55. The number of rotatable bonds is 4. The SMILES string of the molecule is CNC(=O)[C@H](C)SCc1ccc(Cl)c(Cl)c1. The lowest BCUT2D eigenvalue weighted by atomic mass is 10.2. The van der Waals surface area contributed by atoms with Crippen LogP contribution in [0, 0.1) is 0 Å². The molecule has 0 radical (unpaired) electrons. The predicted molar refractivity (Wildman–Crippen MR) is 71.3 cm³/mol. The third-order valence-electron chi connectivity index (χ3n) is 2.10. The second-order valence-electron chi connectivity index (χ2n) is 3.32. The molecule has 1 aromatic carbocycles. The molecule has 1 rings (SSSR count). The normalized spacial score (nSPS) is 12.2. The molecule has 2 nitrogen and oxygen atoms in total. The Bertz CT molecular complexity index is 384. The van der Waals surface area contributed by atoms with Crippen molar-refractivity contribution in [1.82, 2.24) is 5.32 Å². The Labute approximate surface area is 110 Å². The summed E-state index contributed by atoms with van der Waals surface area (Å²) in [6.45, 7) is 1.88. The number of hydrogen-bond donors (Lipinski definition) is 1. The van der Waals surface area contributed by atoms with E-state index in [4.69, 9.17) is 23.2 Å². The molecule has 5 heteroatoms. The highest BCUT2D eigenvalue weighted by Crippen LogP contribution is 2.25. The Morgan fingerprint density at radius 2 is 2.12 bits per heavy atom. The summed E-state index contributed by atoms with van der Waals surface area (Å²) < 4.78 is 0. The van der Waals surface area contributed by atoms with E-state index in [1.165, 1.54) is 0 Å². The van der Waals surface area contributed by atoms with Crippen molar-refractivity contribution in [2.45, 2.75) is 17.9 Å². The number of halogens is 2. The fourth-order valence-corrected chi connectivity index (χ4v) is 2.34. The topological polar surface area (TPSA) is 29.1 Å². The van der Waals surface area contributed by atoms with Gasteiger partial charge in [0.05, 0.1) is 15.3 Å². The van der Waals surface area contributed by atoms with Crippen LogP contribution in [0.4, 0.5) is 0 Å². The maximum atomic E-state index is 11.3. The van der Waals surface area contributed by atoms with Gasteiger partial charge in [0.2, 0.25) is 5.91 Å². The summed E-state index contributed by atoms with van der Waals surface area (Å²) in [6.07, 6.45) is 0. The van der Waals surface area contributed by atoms with Crippen molar-refractivity contribution >= 4 is 40.9 Å². The summed E-state index contributed by atoms with van der Waals surface area (Å²) >= 11 is 13.3. The number of nitrogens with one attached hydrogen (secondary N) is 1. The molecule has 0 saturated carbocycles. The van der Waals surface area contributed by atoms with Crippen LogP contribution < -0.4 is 5.32 Å². The number of amides is 1. The van der Waals surface area contributed by atoms with E-state index in [0.717, 1.165) is 11.3 Å². The maximum absolute atomic E-state index is 11.3. The van der Waals surface area contributed by atoms with Gasteiger partial charge in [-0.05, 0) is 24.6 Å². The minimum atomic E-state index is -0.0700. The van der Waals surface area contributed by atoms with Gasteiger partial charge in [0.15, 0.2) is 0 Å². The molecule has 0 aliphatic rings. The average molecular weight is 278 g/mol. The van der Waals surface area contributed by atoms with E-state index in [0.29, 0.717) is 10.0 Å². The summed E-state index contributed by atoms with van der Waals surface area (Å²) in [5, 5.41) is 3.64. The number of carbonyl (C=O) groups excluding carboxylic acids is 1. The Hall–Kier alpha value is -0.380. The van der Waals surface area contributed by atoms with E-state index in [2.05, 4.69) is 5.32 Å². The molecular weight excluding hydrogens is 265 g/mol. The van der Waals surface area contributed by atoms with Gasteiger partial charge in [-0.15, -0.1) is 11.8 Å². The molecule has 1 aromatic rings. The highest BCUT2D eigenvalue weighted by molar-refractivity contribution is 7.99. The number of carbonyl (C=O) groups is 1. The van der Waals surface area contributed by atoms with Crippen LogP contribution in [0.25, 0.3) is 0 Å². The van der Waals surface area contributed by atoms with Crippen LogP contribution in [0.15, 0.2) is 18.2 Å². The third kappa shape index (κ3) is 3.89. The van der Waals surface area contributed by atoms with E-state index >= 15 is 0 Å². The van der Waals surface area contributed by atoms with E-state index < -0.39 is 0 Å². The highest BCUT2D eigenvalue weighted by atomic mass is 35.5. The van der Waals surface area contributed by atoms with Crippen molar-refractivity contribution in [1.29, 1.82) is 0 Å². The summed E-state index contributed by atoms with van der Waals surface area (Å²) in [7, 11) is 1.64. The Kier molecular flexibility index (Phi) is 5.46. The predicted octanol–water partition coefficient (Wildman–Crippen LogP) is 3.36. The van der Waals surface area contributed by atoms with Crippen molar-refractivity contribution in [2.24, 2.45) is 0 Å². The molecular formula is C11H13Cl2NOS. The summed E-state index contributed by atoms with van der Waals surface area (Å²) in [6, 6.07) is 5.51. The summed E-state index contributed by atoms with van der Waals surface area (Å²) in [4.78, 5) is 11.3. The molecule has 0 spiro atoms. The van der Waals surface area contributed by atoms with Gasteiger partial charge < -0.3 is 5.32 Å². The number of benzene rings is 1. The van der Waals surface area contributed by atoms with Crippen molar-refractivity contribution in [3.05, 3.63) is 33.8 Å². The molecule has 0 saturated heterocycles. The van der Waals surface area contributed by atoms with E-state index in [-0.39, 0.29) is 11.2 Å². The van der Waals surface area contributed by atoms with Gasteiger partial charge in [0, 0.05) is 12.8 Å². The third-order valence-corrected chi connectivity index (χ3v) is 4.05. The fourth-order valence-electron chi connectivity index (χ4n) is 1.13. The first-order valence-corrected chi connectivity index (χ1v) is 6.62. The first-order valence-electron chi connectivity index (χ1n) is 4.81. The lowest BCUT2D eigenvalue weighted by molar-refractivity contribution is -0.119. The van der Waals surface area contributed by atoms with Crippen LogP contribution in [-0.4, -0.2) is 18.2 Å². The molecule has 1 N–H and O–H groups in total. The van der Waals surface area contributed by atoms with E-state index in [9.17, 15) is 4.79 Å². The first kappa shape index (κ1) is 13.7. The zero-order valence-corrected chi connectivity index (χ0v) is 11.4. The average Bonchev–Trinajstić information content (AvgIpc) is 2.29. The molecule has 16 heavy (non-hydrogen) atoms. The summed E-state index contributed by atoms with van der Waals surface area (Å²) in [5.41, 5.74) is 1.06. The van der Waals surface area contributed by atoms with Gasteiger partial charge in [0.25, 0.3) is 0 Å². The van der Waals surface area contributed by atoms with Crippen LogP contribution in [-0.2, 0) is 10.5 Å². The second kappa shape index (κ2) is 6.38. The molecule has 0 aliphatic heterocycles. The van der Waals surface area contributed by atoms with Crippen molar-refractivity contribution in [3.63, 3.8) is 0 Å². The molecule has 1 atom stereocenters. The lowest BCUT2D eigenvalue weighted by Crippen LogP contribution is -2.27. The molecule has 0 heterocycles. The minimum Gasteiger partial charge on any atom is -0.358 e. The van der Waals surface area contributed by atoms with Gasteiger partial charge in [-0.25, -0.2) is 0 Å². The number of hydrogen-bond acceptors (Lipinski definition) is 2. The quantitative estimate of drug-likeness (QED) is 0.915. The van der Waals surface area contributed by atoms with E-state index in [1.54, 1.807) is 24.9 Å². The number of thioether (sulfide) groups is 1. The molecule has 0 unspecified atom stereocenters. The van der Waals surface area contributed by atoms with Gasteiger partial charge >= 0.3 is 0 Å². The highest BCUT2D eigenvalue weighted by Gasteiger charge is 2.11. The molecule has 0 bridgehead atoms. The van der Waals surface area contributed by atoms with Gasteiger partial charge in [0.1, 0.15) is 0 Å². The van der Waals surface area contributed by atoms with Crippen LogP contribution in [0.3, 0.4) is 0 Å². The van der Waals surface area contributed by atoms with E-state index in [1.807, 2.05) is 19.1 Å². The van der Waals surface area contributed by atoms with Gasteiger partial charge in [-0.3, -0.25) is 4.79 Å². The fraction of sp³-hybridized carbons (Fsp3) is 0.364. The largest absolute Gasteiger partial charge is 0.358 e. The zero-order valence-electron chi connectivity index (χ0n) is 9.09. The maximum Gasteiger partial charge on any atom is 0.232 e. The van der Waals surface area contributed by atoms with Crippen molar-refractivity contribution < 1.29 is 4.79 Å².